The molecule has 11 heteroatoms. The minimum absolute atomic E-state index is 0.0449. The molecule has 0 aromatic heterocycles. The van der Waals surface area contributed by atoms with Crippen LogP contribution in [-0.2, 0) is 47.5 Å². The summed E-state index contributed by atoms with van der Waals surface area (Å²) >= 11 is 0. The minimum Gasteiger partial charge on any atom is -0.396 e. The van der Waals surface area contributed by atoms with Gasteiger partial charge in [0, 0.05) is 6.61 Å². The topological polar surface area (TPSA) is 136 Å². The van der Waals surface area contributed by atoms with Crippen LogP contribution < -0.4 is 0 Å². The van der Waals surface area contributed by atoms with Crippen LogP contribution in [0.4, 0.5) is 0 Å². The van der Waals surface area contributed by atoms with Gasteiger partial charge >= 0.3 is 0 Å². The molecule has 0 saturated carbocycles. The molecule has 0 aromatic rings. The Kier molecular flexibility index (Phi) is 20.6. The zero-order chi connectivity index (χ0) is 42.3. The van der Waals surface area contributed by atoms with Crippen molar-refractivity contribution < 1.29 is 52.6 Å². The maximum absolute atomic E-state index is 12.3. The molecule has 0 bridgehead atoms. The number of hydrogen-bond donors (Lipinski definition) is 1. The zero-order valence-corrected chi connectivity index (χ0v) is 36.4. The van der Waals surface area contributed by atoms with E-state index in [9.17, 15) is 19.5 Å². The highest BCUT2D eigenvalue weighted by Gasteiger charge is 2.41. The number of ketones is 3. The first-order chi connectivity index (χ1) is 24.5. The Labute approximate surface area is 327 Å². The van der Waals surface area contributed by atoms with Gasteiger partial charge in [-0.15, -0.1) is 0 Å². The summed E-state index contributed by atoms with van der Waals surface area (Å²) in [6, 6.07) is 0. The number of ether oxygens (including phenoxy) is 7. The summed E-state index contributed by atoms with van der Waals surface area (Å²) in [4.78, 5) is 36.8. The fraction of sp³-hybridized carbons (Fsp3) is 0.791. The lowest BCUT2D eigenvalue weighted by atomic mass is 9.89. The zero-order valence-electron chi connectivity index (χ0n) is 36.4. The van der Waals surface area contributed by atoms with Gasteiger partial charge in [-0.05, 0) is 141 Å². The van der Waals surface area contributed by atoms with Gasteiger partial charge in [-0.25, -0.2) is 0 Å². The average molecular weight is 769 g/mol. The fourth-order valence-corrected chi connectivity index (χ4v) is 4.81. The summed E-state index contributed by atoms with van der Waals surface area (Å²) in [6.07, 6.45) is 5.66. The summed E-state index contributed by atoms with van der Waals surface area (Å²) in [6.45, 7) is 38.1. The molecule has 0 radical (unpaired) electrons. The largest absolute Gasteiger partial charge is 0.396 e. The summed E-state index contributed by atoms with van der Waals surface area (Å²) in [5.41, 5.74) is -6.59. The van der Waals surface area contributed by atoms with E-state index in [1.807, 2.05) is 55.4 Å². The van der Waals surface area contributed by atoms with E-state index >= 15 is 0 Å². The molecule has 0 unspecified atom stereocenters. The second kappa shape index (κ2) is 21.4. The average Bonchev–Trinajstić information content (AvgIpc) is 3.05. The van der Waals surface area contributed by atoms with Gasteiger partial charge in [-0.1, -0.05) is 19.7 Å². The van der Waals surface area contributed by atoms with E-state index in [4.69, 9.17) is 33.2 Å². The Morgan fingerprint density at radius 2 is 0.648 bits per heavy atom. The van der Waals surface area contributed by atoms with E-state index in [1.54, 1.807) is 41.5 Å². The van der Waals surface area contributed by atoms with Crippen molar-refractivity contribution in [2.24, 2.45) is 5.41 Å². The highest BCUT2D eigenvalue weighted by molar-refractivity contribution is 5.96. The third kappa shape index (κ3) is 19.7. The van der Waals surface area contributed by atoms with Crippen molar-refractivity contribution in [3.63, 3.8) is 0 Å². The smallest absolute Gasteiger partial charge is 0.186 e. The van der Waals surface area contributed by atoms with Crippen molar-refractivity contribution in [1.82, 2.24) is 0 Å². The van der Waals surface area contributed by atoms with Crippen molar-refractivity contribution in [3.05, 3.63) is 38.0 Å². The van der Waals surface area contributed by atoms with E-state index in [0.29, 0.717) is 25.7 Å². The molecular weight excluding hydrogens is 692 g/mol. The van der Waals surface area contributed by atoms with Gasteiger partial charge in [0.1, 0.15) is 16.8 Å². The van der Waals surface area contributed by atoms with Crippen molar-refractivity contribution >= 4 is 17.3 Å². The molecule has 0 aliphatic carbocycles. The van der Waals surface area contributed by atoms with Crippen LogP contribution in [0.15, 0.2) is 38.0 Å². The lowest BCUT2D eigenvalue weighted by molar-refractivity contribution is -0.197. The highest BCUT2D eigenvalue weighted by atomic mass is 16.6. The molecule has 0 fully saturated rings. The van der Waals surface area contributed by atoms with Gasteiger partial charge in [0.2, 0.25) is 0 Å². The second-order valence-corrected chi connectivity index (χ2v) is 18.2. The van der Waals surface area contributed by atoms with E-state index < -0.39 is 44.6 Å². The van der Waals surface area contributed by atoms with Crippen LogP contribution in [0.1, 0.15) is 123 Å². The van der Waals surface area contributed by atoms with Gasteiger partial charge < -0.3 is 38.3 Å². The minimum atomic E-state index is -1.01. The van der Waals surface area contributed by atoms with Crippen molar-refractivity contribution in [3.8, 4) is 0 Å². The first-order valence-electron chi connectivity index (χ1n) is 19.0. The lowest BCUT2D eigenvalue weighted by Crippen LogP contribution is -2.49. The van der Waals surface area contributed by atoms with Crippen LogP contribution in [0.5, 0.6) is 0 Å². The molecule has 11 nitrogen and oxygen atoms in total. The van der Waals surface area contributed by atoms with Crippen LogP contribution in [0.25, 0.3) is 0 Å². The summed E-state index contributed by atoms with van der Waals surface area (Å²) in [5, 5.41) is 9.76. The number of aliphatic hydroxyl groups is 1. The number of rotatable bonds is 32. The van der Waals surface area contributed by atoms with Crippen LogP contribution in [0, 0.1) is 5.41 Å². The molecule has 0 aromatic carbocycles. The van der Waals surface area contributed by atoms with Gasteiger partial charge in [0.15, 0.2) is 17.3 Å². The number of carbonyl (C=O) groups excluding carboxylic acids is 3. The van der Waals surface area contributed by atoms with E-state index in [1.165, 1.54) is 18.2 Å². The molecule has 0 rings (SSSR count). The predicted molar refractivity (Wildman–Crippen MR) is 214 cm³/mol. The quantitative estimate of drug-likeness (QED) is 0.0688. The second-order valence-electron chi connectivity index (χ2n) is 18.2. The van der Waals surface area contributed by atoms with Crippen molar-refractivity contribution in [1.29, 1.82) is 0 Å². The van der Waals surface area contributed by atoms with Crippen LogP contribution in [0.2, 0.25) is 0 Å². The van der Waals surface area contributed by atoms with Crippen LogP contribution >= 0.6 is 0 Å². The maximum Gasteiger partial charge on any atom is 0.186 e. The molecule has 0 amide bonds. The first-order valence-corrected chi connectivity index (χ1v) is 19.0. The molecule has 0 aliphatic heterocycles. The highest BCUT2D eigenvalue weighted by Crippen LogP contribution is 2.32. The Morgan fingerprint density at radius 1 is 0.426 bits per heavy atom. The molecular formula is C43H76O11. The SMILES string of the molecule is C=CC(=O)C(C)(C)OCCC(C)(C)OCC(COC(C)(C)CCO)(COC(C)(C)CCOC(C)(C)C(=O)C=C)COC(C)(C)CCOC(C)(C)C(=O)C=C. The van der Waals surface area contributed by atoms with Gasteiger partial charge in [0.05, 0.1) is 74.1 Å². The maximum atomic E-state index is 12.3. The van der Waals surface area contributed by atoms with E-state index in [0.717, 1.165) is 0 Å². The summed E-state index contributed by atoms with van der Waals surface area (Å²) in [5.74, 6) is -0.611. The normalized spacial score (nSPS) is 13.8. The summed E-state index contributed by atoms with van der Waals surface area (Å²) < 4.78 is 44.3. The van der Waals surface area contributed by atoms with Crippen molar-refractivity contribution in [2.75, 3.05) is 52.9 Å². The molecule has 0 atom stereocenters. The molecule has 54 heavy (non-hydrogen) atoms. The Morgan fingerprint density at radius 3 is 0.852 bits per heavy atom. The standard InChI is InChI=1S/C43H76O11/c1-18-33(45)40(12,13)48-26-22-37(6,7)52-30-43(29-51-36(4,5)21-25-44,31-53-38(8,9)23-27-49-41(14,15)34(46)19-2)32-54-39(10,11)24-28-50-42(16,17)35(47)20-3/h18-20,44H,1-3,21-32H2,4-17H3. The van der Waals surface area contributed by atoms with Crippen LogP contribution in [-0.4, -0.2) is 115 Å². The Balaban J connectivity index is 6.45. The lowest BCUT2D eigenvalue weighted by Gasteiger charge is -2.42. The third-order valence-corrected chi connectivity index (χ3v) is 9.63. The van der Waals surface area contributed by atoms with Gasteiger partial charge in [-0.3, -0.25) is 14.4 Å². The predicted octanol–water partition coefficient (Wildman–Crippen LogP) is 7.36. The number of aliphatic hydroxyl groups excluding tert-OH is 1. The Bertz CT molecular complexity index is 1090. The number of carbonyl (C=O) groups is 3. The number of hydrogen-bond acceptors (Lipinski definition) is 11. The molecule has 1 N–H and O–H groups in total. The van der Waals surface area contributed by atoms with Gasteiger partial charge in [0.25, 0.3) is 0 Å². The van der Waals surface area contributed by atoms with Gasteiger partial charge in [-0.2, -0.15) is 0 Å². The van der Waals surface area contributed by atoms with Crippen molar-refractivity contribution in [2.45, 2.75) is 162 Å². The van der Waals surface area contributed by atoms with E-state index in [-0.39, 0.29) is 70.2 Å². The Hall–Kier alpha value is -2.09. The molecule has 0 spiro atoms. The molecule has 0 aliphatic rings. The molecule has 0 heterocycles. The van der Waals surface area contributed by atoms with Crippen LogP contribution in [0.3, 0.4) is 0 Å². The third-order valence-electron chi connectivity index (χ3n) is 9.63. The molecule has 0 saturated heterocycles. The van der Waals surface area contributed by atoms with E-state index in [2.05, 4.69) is 19.7 Å². The fourth-order valence-electron chi connectivity index (χ4n) is 4.81. The monoisotopic (exact) mass is 769 g/mol. The molecule has 314 valence electrons. The first kappa shape index (κ1) is 51.9. The summed E-state index contributed by atoms with van der Waals surface area (Å²) in [7, 11) is 0.